The smallest absolute Gasteiger partial charge is 1.00 e. The fourth-order valence-electron chi connectivity index (χ4n) is 2.82. The molecule has 0 aliphatic rings. The van der Waals surface area contributed by atoms with Crippen LogP contribution in [0, 0.1) is 0 Å². The molecular formula is C21H41NaO4S. The second kappa shape index (κ2) is 20.9. The van der Waals surface area contributed by atoms with Gasteiger partial charge in [0, 0.05) is 6.42 Å². The Kier molecular flexibility index (Phi) is 22.7. The van der Waals surface area contributed by atoms with Crippen LogP contribution in [0.5, 0.6) is 0 Å². The van der Waals surface area contributed by atoms with Gasteiger partial charge >= 0.3 is 45.6 Å². The van der Waals surface area contributed by atoms with Crippen LogP contribution in [0.3, 0.4) is 0 Å². The van der Waals surface area contributed by atoms with Crippen LogP contribution >= 0.6 is 0 Å². The van der Waals surface area contributed by atoms with Crippen molar-refractivity contribution in [2.24, 2.45) is 0 Å². The summed E-state index contributed by atoms with van der Waals surface area (Å²) in [5.74, 6) is -0.707. The molecule has 0 atom stereocenters. The number of rotatable bonds is 18. The number of unbranched alkanes of at least 4 members (excludes halogenated alkanes) is 11. The van der Waals surface area contributed by atoms with Crippen LogP contribution in [0.25, 0.3) is 0 Å². The molecule has 0 spiro atoms. The van der Waals surface area contributed by atoms with Gasteiger partial charge in [-0.15, -0.1) is 0 Å². The molecule has 0 radical (unpaired) electrons. The summed E-state index contributed by atoms with van der Waals surface area (Å²) < 4.78 is 27.2. The average Bonchev–Trinajstić information content (AvgIpc) is 2.57. The largest absolute Gasteiger partial charge is 1.00 e. The van der Waals surface area contributed by atoms with Crippen LogP contribution < -0.4 is 29.6 Å². The first-order valence-electron chi connectivity index (χ1n) is 10.6. The molecule has 0 unspecified atom stereocenters. The van der Waals surface area contributed by atoms with E-state index in [2.05, 4.69) is 23.3 Å². The molecular weight excluding hydrogens is 371 g/mol. The Balaban J connectivity index is -0.00000312. The zero-order chi connectivity index (χ0) is 19.5. The minimum absolute atomic E-state index is 0. The third kappa shape index (κ3) is 22.3. The fourth-order valence-corrected chi connectivity index (χ4v) is 3.76. The van der Waals surface area contributed by atoms with Gasteiger partial charge in [0.05, 0.1) is 5.75 Å². The first kappa shape index (κ1) is 29.4. The monoisotopic (exact) mass is 412 g/mol. The molecule has 0 bridgehead atoms. The van der Waals surface area contributed by atoms with Crippen molar-refractivity contribution in [2.45, 2.75) is 110 Å². The molecule has 6 heteroatoms. The van der Waals surface area contributed by atoms with Gasteiger partial charge in [-0.25, -0.2) is 0 Å². The summed E-state index contributed by atoms with van der Waals surface area (Å²) >= 11 is 0. The SMILES string of the molecule is CCCCCCCC/C=C\CCCCCCCC(=O)OS(=O)(=O)CCC.[H-].[Na+]. The molecule has 0 saturated carbocycles. The molecule has 0 aromatic heterocycles. The normalized spacial score (nSPS) is 11.5. The van der Waals surface area contributed by atoms with Crippen molar-refractivity contribution in [3.63, 3.8) is 0 Å². The minimum atomic E-state index is -3.66. The summed E-state index contributed by atoms with van der Waals surface area (Å²) in [6, 6.07) is 0. The molecule has 0 aliphatic carbocycles. The van der Waals surface area contributed by atoms with E-state index in [4.69, 9.17) is 0 Å². The Hall–Kier alpha value is 0.160. The second-order valence-electron chi connectivity index (χ2n) is 7.05. The van der Waals surface area contributed by atoms with E-state index >= 15 is 0 Å². The van der Waals surface area contributed by atoms with Crippen LogP contribution in [-0.4, -0.2) is 20.1 Å². The number of carbonyl (C=O) groups is 1. The zero-order valence-electron chi connectivity index (χ0n) is 19.0. The van der Waals surface area contributed by atoms with Crippen molar-refractivity contribution in [3.05, 3.63) is 12.2 Å². The topological polar surface area (TPSA) is 60.4 Å². The van der Waals surface area contributed by atoms with Crippen molar-refractivity contribution < 1.29 is 48.4 Å². The van der Waals surface area contributed by atoms with Crippen LogP contribution in [0.1, 0.15) is 112 Å². The number of hydrogen-bond acceptors (Lipinski definition) is 4. The summed E-state index contributed by atoms with van der Waals surface area (Å²) in [5.41, 5.74) is 0. The van der Waals surface area contributed by atoms with Crippen LogP contribution in [0.4, 0.5) is 0 Å². The standard InChI is InChI=1S/C21H40O4S.Na.H/c1-3-5-6-7-8-9-10-11-12-13-14-15-16-17-18-19-21(22)25-26(23,24)20-4-2;;/h11-12H,3-10,13-20H2,1-2H3;;/q;+1;-1/b12-11-;;. The quantitative estimate of drug-likeness (QED) is 0.150. The van der Waals surface area contributed by atoms with Gasteiger partial charge in [0.15, 0.2) is 0 Å². The van der Waals surface area contributed by atoms with Gasteiger partial charge in [-0.2, -0.15) is 8.42 Å². The maximum Gasteiger partial charge on any atom is 1.00 e. The zero-order valence-corrected chi connectivity index (χ0v) is 20.8. The first-order chi connectivity index (χ1) is 12.5. The molecule has 4 nitrogen and oxygen atoms in total. The average molecular weight is 413 g/mol. The molecule has 27 heavy (non-hydrogen) atoms. The van der Waals surface area contributed by atoms with Gasteiger partial charge in [0.1, 0.15) is 0 Å². The molecule has 0 rings (SSSR count). The number of carbonyl (C=O) groups excluding carboxylic acids is 1. The maximum absolute atomic E-state index is 11.5. The van der Waals surface area contributed by atoms with Crippen LogP contribution in [0.15, 0.2) is 12.2 Å². The second-order valence-corrected chi connectivity index (χ2v) is 8.74. The van der Waals surface area contributed by atoms with E-state index < -0.39 is 16.1 Å². The third-order valence-corrected chi connectivity index (χ3v) is 5.66. The van der Waals surface area contributed by atoms with Gasteiger partial charge in [0.25, 0.3) is 0 Å². The van der Waals surface area contributed by atoms with Crippen molar-refractivity contribution in [1.82, 2.24) is 0 Å². The molecule has 0 amide bonds. The van der Waals surface area contributed by atoms with Crippen LogP contribution in [-0.2, 0) is 19.1 Å². The fraction of sp³-hybridized carbons (Fsp3) is 0.857. The minimum Gasteiger partial charge on any atom is -1.00 e. The maximum atomic E-state index is 11.5. The molecule has 0 N–H and O–H groups in total. The number of allylic oxidation sites excluding steroid dienone is 2. The summed E-state index contributed by atoms with van der Waals surface area (Å²) in [7, 11) is -3.66. The van der Waals surface area contributed by atoms with Gasteiger partial charge in [-0.1, -0.05) is 77.4 Å². The Morgan fingerprint density at radius 1 is 0.778 bits per heavy atom. The van der Waals surface area contributed by atoms with Crippen molar-refractivity contribution >= 4 is 16.1 Å². The molecule has 0 aromatic carbocycles. The number of hydrogen-bond donors (Lipinski definition) is 0. The van der Waals surface area contributed by atoms with E-state index in [0.717, 1.165) is 25.7 Å². The van der Waals surface area contributed by atoms with Gasteiger partial charge in [-0.05, 0) is 38.5 Å². The van der Waals surface area contributed by atoms with Crippen molar-refractivity contribution in [1.29, 1.82) is 0 Å². The van der Waals surface area contributed by atoms with E-state index in [1.165, 1.54) is 51.4 Å². The van der Waals surface area contributed by atoms with Crippen molar-refractivity contribution in [2.75, 3.05) is 5.75 Å². The van der Waals surface area contributed by atoms with Crippen molar-refractivity contribution in [3.8, 4) is 0 Å². The molecule has 0 aromatic rings. The molecule has 0 fully saturated rings. The predicted octanol–water partition coefficient (Wildman–Crippen LogP) is 3.42. The molecule has 0 aliphatic heterocycles. The van der Waals surface area contributed by atoms with E-state index in [1.54, 1.807) is 6.92 Å². The summed E-state index contributed by atoms with van der Waals surface area (Å²) in [4.78, 5) is 11.5. The Bertz CT molecular complexity index is 467. The van der Waals surface area contributed by atoms with E-state index in [1.807, 2.05) is 0 Å². The van der Waals surface area contributed by atoms with Crippen LogP contribution in [0.2, 0.25) is 0 Å². The predicted molar refractivity (Wildman–Crippen MR) is 111 cm³/mol. The van der Waals surface area contributed by atoms with E-state index in [-0.39, 0.29) is 43.2 Å². The summed E-state index contributed by atoms with van der Waals surface area (Å²) in [5, 5.41) is 0. The van der Waals surface area contributed by atoms with E-state index in [0.29, 0.717) is 12.8 Å². The van der Waals surface area contributed by atoms with Gasteiger partial charge in [0.2, 0.25) is 0 Å². The third-order valence-electron chi connectivity index (χ3n) is 4.32. The molecule has 0 saturated heterocycles. The van der Waals surface area contributed by atoms with Gasteiger partial charge < -0.3 is 5.61 Å². The molecule has 0 heterocycles. The summed E-state index contributed by atoms with van der Waals surface area (Å²) in [6.45, 7) is 3.99. The van der Waals surface area contributed by atoms with Gasteiger partial charge in [-0.3, -0.25) is 4.79 Å². The Labute approximate surface area is 191 Å². The Morgan fingerprint density at radius 2 is 1.26 bits per heavy atom. The summed E-state index contributed by atoms with van der Waals surface area (Å²) in [6.07, 6.45) is 20.8. The van der Waals surface area contributed by atoms with E-state index in [9.17, 15) is 13.2 Å². The molecule has 156 valence electrons. The Morgan fingerprint density at radius 3 is 1.78 bits per heavy atom. The first-order valence-corrected chi connectivity index (χ1v) is 12.2.